The first-order valence-electron chi connectivity index (χ1n) is 11.2. The maximum absolute atomic E-state index is 12.8. The lowest BCUT2D eigenvalue weighted by atomic mass is 9.79. The number of amides is 1. The van der Waals surface area contributed by atoms with Gasteiger partial charge in [-0.15, -0.1) is 0 Å². The number of nitrogens with two attached hydrogens (primary N) is 1. The molecule has 1 heterocycles. The summed E-state index contributed by atoms with van der Waals surface area (Å²) in [6.07, 6.45) is 0.207. The Morgan fingerprint density at radius 3 is 2.21 bits per heavy atom. The van der Waals surface area contributed by atoms with Crippen molar-refractivity contribution in [2.75, 3.05) is 7.05 Å². The molecule has 0 saturated heterocycles. The first kappa shape index (κ1) is 25.4. The van der Waals surface area contributed by atoms with Gasteiger partial charge in [0, 0.05) is 32.0 Å². The van der Waals surface area contributed by atoms with E-state index in [9.17, 15) is 18.0 Å². The number of quaternary nitrogens is 1. The van der Waals surface area contributed by atoms with Gasteiger partial charge in [-0.05, 0) is 43.2 Å². The highest BCUT2D eigenvalue weighted by Crippen LogP contribution is 2.33. The minimum Gasteiger partial charge on any atom is -0.475 e. The van der Waals surface area contributed by atoms with Crippen LogP contribution >= 0.6 is 0 Å². The van der Waals surface area contributed by atoms with Gasteiger partial charge in [-0.3, -0.25) is 10.1 Å². The lowest BCUT2D eigenvalue weighted by molar-refractivity contribution is -0.441. The fraction of sp³-hybridized carbons (Fsp3) is 0.400. The van der Waals surface area contributed by atoms with E-state index < -0.39 is 12.1 Å². The Labute approximate surface area is 196 Å². The number of benzene rings is 2. The topological polar surface area (TPSA) is 86.6 Å². The fourth-order valence-electron chi connectivity index (χ4n) is 4.34. The second kappa shape index (κ2) is 11.3. The Kier molecular flexibility index (Phi) is 8.44. The van der Waals surface area contributed by atoms with Gasteiger partial charge >= 0.3 is 12.1 Å². The summed E-state index contributed by atoms with van der Waals surface area (Å²) < 4.78 is 31.7. The number of hydrogen-bond donors (Lipinski definition) is 2. The zero-order valence-electron chi connectivity index (χ0n) is 19.0. The number of amidine groups is 1. The molecular formula is C25H29F3N3O3+. The number of halogens is 3. The summed E-state index contributed by atoms with van der Waals surface area (Å²) >= 11 is 0. The molecular weight excluding hydrogens is 447 g/mol. The van der Waals surface area contributed by atoms with Gasteiger partial charge in [0.05, 0.1) is 0 Å². The van der Waals surface area contributed by atoms with E-state index >= 15 is 0 Å². The summed E-state index contributed by atoms with van der Waals surface area (Å²) in [5, 5.41) is 9.35. The minimum absolute atomic E-state index is 0.182. The summed E-state index contributed by atoms with van der Waals surface area (Å²) in [5.41, 5.74) is 3.52. The highest BCUT2D eigenvalue weighted by molar-refractivity contribution is 5.85. The Hall–Kier alpha value is -3.20. The van der Waals surface area contributed by atoms with Gasteiger partial charge in [-0.25, -0.2) is 4.79 Å². The molecule has 0 bridgehead atoms. The molecule has 3 N–H and O–H groups in total. The van der Waals surface area contributed by atoms with Gasteiger partial charge in [-0.1, -0.05) is 42.5 Å². The quantitative estimate of drug-likeness (QED) is 0.627. The number of fused-ring (bicyclic) bond motifs is 1. The van der Waals surface area contributed by atoms with Crippen LogP contribution in [-0.2, 0) is 16.1 Å². The molecule has 2 aromatic rings. The van der Waals surface area contributed by atoms with E-state index in [1.165, 1.54) is 17.1 Å². The van der Waals surface area contributed by atoms with Crippen molar-refractivity contribution in [2.24, 2.45) is 16.8 Å². The summed E-state index contributed by atoms with van der Waals surface area (Å²) in [6, 6.07) is 18.5. The average molecular weight is 477 g/mol. The van der Waals surface area contributed by atoms with Crippen LogP contribution in [0.3, 0.4) is 0 Å². The van der Waals surface area contributed by atoms with Gasteiger partial charge in [0.1, 0.15) is 5.69 Å². The van der Waals surface area contributed by atoms with Crippen LogP contribution in [0.5, 0.6) is 0 Å². The standard InChI is InChI=1S/C23H27N3O.C2HF3O2/c1-26(16-18-7-3-2-4-8-18)23(27)19-13-11-17(12-14-19)15-22-24-20-9-5-6-10-21(20)25-22;3-2(4,5)1(6)7/h2-10,17,19H,11-16H2,1H3,(H,24,25);(H,6,7)/p+1. The zero-order valence-corrected chi connectivity index (χ0v) is 19.0. The first-order chi connectivity index (χ1) is 16.1. The molecule has 182 valence electrons. The molecule has 0 atom stereocenters. The lowest BCUT2D eigenvalue weighted by Gasteiger charge is -2.30. The molecule has 1 amide bonds. The molecule has 1 saturated carbocycles. The van der Waals surface area contributed by atoms with E-state index in [1.807, 2.05) is 36.2 Å². The Morgan fingerprint density at radius 2 is 1.62 bits per heavy atom. The summed E-state index contributed by atoms with van der Waals surface area (Å²) in [7, 11) is 1.93. The molecule has 1 fully saturated rings. The van der Waals surface area contributed by atoms with Crippen molar-refractivity contribution in [2.45, 2.75) is 44.8 Å². The van der Waals surface area contributed by atoms with Crippen LogP contribution < -0.4 is 5.32 Å². The van der Waals surface area contributed by atoms with Crippen molar-refractivity contribution >= 4 is 29.1 Å². The zero-order chi connectivity index (χ0) is 24.7. The number of carbonyl (C=O) groups is 2. The van der Waals surface area contributed by atoms with E-state index in [0.717, 1.165) is 37.8 Å². The van der Waals surface area contributed by atoms with Gasteiger partial charge in [0.15, 0.2) is 5.69 Å². The summed E-state index contributed by atoms with van der Waals surface area (Å²) in [5.74, 6) is -0.423. The van der Waals surface area contributed by atoms with Crippen molar-refractivity contribution in [3.8, 4) is 0 Å². The molecule has 9 heteroatoms. The number of aliphatic imine (C=N–C) groups is 1. The number of nitrogens with zero attached hydrogens (tertiary/aromatic N) is 2. The molecule has 2 aliphatic rings. The first-order valence-corrected chi connectivity index (χ1v) is 11.2. The Bertz CT molecular complexity index is 1020. The molecule has 6 nitrogen and oxygen atoms in total. The van der Waals surface area contributed by atoms with E-state index in [4.69, 9.17) is 14.9 Å². The molecule has 1 aliphatic heterocycles. The Balaban J connectivity index is 0.000000406. The predicted molar refractivity (Wildman–Crippen MR) is 122 cm³/mol. The number of alkyl halides is 3. The average Bonchev–Trinajstić information content (AvgIpc) is 3.22. The molecule has 0 unspecified atom stereocenters. The van der Waals surface area contributed by atoms with Crippen LogP contribution in [0.25, 0.3) is 0 Å². The van der Waals surface area contributed by atoms with Gasteiger partial charge in [0.25, 0.3) is 0 Å². The highest BCUT2D eigenvalue weighted by atomic mass is 19.4. The van der Waals surface area contributed by atoms with Crippen LogP contribution in [0.1, 0.15) is 37.7 Å². The number of carbonyl (C=O) groups excluding carboxylic acids is 1. The third-order valence-corrected chi connectivity index (χ3v) is 6.10. The second-order valence-corrected chi connectivity index (χ2v) is 8.71. The van der Waals surface area contributed by atoms with Gasteiger partial charge in [0.2, 0.25) is 11.7 Å². The van der Waals surface area contributed by atoms with Crippen LogP contribution in [-0.4, -0.2) is 40.9 Å². The van der Waals surface area contributed by atoms with Gasteiger partial charge in [-0.2, -0.15) is 18.2 Å². The van der Waals surface area contributed by atoms with Crippen molar-refractivity contribution < 1.29 is 33.2 Å². The van der Waals surface area contributed by atoms with E-state index in [1.54, 1.807) is 0 Å². The third-order valence-electron chi connectivity index (χ3n) is 6.10. The molecule has 0 spiro atoms. The van der Waals surface area contributed by atoms with Gasteiger partial charge < -0.3 is 10.0 Å². The maximum Gasteiger partial charge on any atom is 0.490 e. The lowest BCUT2D eigenvalue weighted by Crippen LogP contribution is -2.80. The molecule has 34 heavy (non-hydrogen) atoms. The van der Waals surface area contributed by atoms with E-state index in [0.29, 0.717) is 18.4 Å². The molecule has 0 aromatic heterocycles. The van der Waals surface area contributed by atoms with Crippen LogP contribution in [0.4, 0.5) is 24.5 Å². The summed E-state index contributed by atoms with van der Waals surface area (Å²) in [6.45, 7) is 0.698. The second-order valence-electron chi connectivity index (χ2n) is 8.71. The SMILES string of the molecule is CN(Cc1ccccc1)C(=O)C1CCC(CC2=Nc3ccccc3[NH2+]2)CC1.O=C(O)C(F)(F)F. The number of aliphatic carboxylic acids is 1. The number of carboxylic acid groups (broad SMARTS) is 1. The maximum atomic E-state index is 12.8. The predicted octanol–water partition coefficient (Wildman–Crippen LogP) is 4.41. The van der Waals surface area contributed by atoms with Crippen LogP contribution in [0.2, 0.25) is 0 Å². The van der Waals surface area contributed by atoms with Crippen LogP contribution in [0, 0.1) is 11.8 Å². The van der Waals surface area contributed by atoms with Crippen molar-refractivity contribution in [3.63, 3.8) is 0 Å². The van der Waals surface area contributed by atoms with Crippen molar-refractivity contribution in [1.29, 1.82) is 0 Å². The smallest absolute Gasteiger partial charge is 0.475 e. The highest BCUT2D eigenvalue weighted by Gasteiger charge is 2.38. The molecule has 0 radical (unpaired) electrons. The van der Waals surface area contributed by atoms with Crippen molar-refractivity contribution in [3.05, 3.63) is 60.2 Å². The summed E-state index contributed by atoms with van der Waals surface area (Å²) in [4.78, 5) is 28.3. The number of carboxylic acids is 1. The number of para-hydroxylation sites is 2. The normalized spacial score (nSPS) is 19.4. The third kappa shape index (κ3) is 7.15. The van der Waals surface area contributed by atoms with Crippen LogP contribution in [0.15, 0.2) is 59.6 Å². The number of hydrogen-bond acceptors (Lipinski definition) is 3. The largest absolute Gasteiger partial charge is 0.490 e. The monoisotopic (exact) mass is 476 g/mol. The Morgan fingerprint density at radius 1 is 1.03 bits per heavy atom. The molecule has 2 aromatic carbocycles. The molecule has 4 rings (SSSR count). The van der Waals surface area contributed by atoms with E-state index in [-0.39, 0.29) is 5.92 Å². The molecule has 1 aliphatic carbocycles. The van der Waals surface area contributed by atoms with E-state index in [2.05, 4.69) is 35.6 Å². The number of rotatable bonds is 5. The fourth-order valence-corrected chi connectivity index (χ4v) is 4.34. The van der Waals surface area contributed by atoms with Crippen molar-refractivity contribution in [1.82, 2.24) is 4.90 Å². The minimum atomic E-state index is -5.08.